The van der Waals surface area contributed by atoms with Gasteiger partial charge in [-0.3, -0.25) is 0 Å². The Balaban J connectivity index is 1.61. The third kappa shape index (κ3) is 3.63. The fraction of sp³-hybridized carbons (Fsp3) is 0.350. The van der Waals surface area contributed by atoms with Crippen molar-refractivity contribution in [3.8, 4) is 11.1 Å². The van der Waals surface area contributed by atoms with Gasteiger partial charge in [0.1, 0.15) is 5.65 Å². The van der Waals surface area contributed by atoms with Gasteiger partial charge in [-0.1, -0.05) is 25.0 Å². The number of nitrogens with one attached hydrogen (secondary N) is 2. The van der Waals surface area contributed by atoms with Crippen molar-refractivity contribution in [2.24, 2.45) is 0 Å². The maximum atomic E-state index is 12.7. The summed E-state index contributed by atoms with van der Waals surface area (Å²) in [5, 5.41) is 11.0. The summed E-state index contributed by atoms with van der Waals surface area (Å²) in [5.41, 5.74) is 3.77. The number of nitrogens with zero attached hydrogens (tertiary/aromatic N) is 1. The lowest BCUT2D eigenvalue weighted by molar-refractivity contribution is 0.101. The Kier molecular flexibility index (Phi) is 4.75. The zero-order chi connectivity index (χ0) is 19.0. The van der Waals surface area contributed by atoms with Crippen LogP contribution in [0.15, 0.2) is 47.5 Å². The molecule has 6 nitrogen and oxygen atoms in total. The molecule has 7 heteroatoms. The zero-order valence-corrected chi connectivity index (χ0v) is 16.0. The van der Waals surface area contributed by atoms with Crippen LogP contribution in [0.5, 0.6) is 0 Å². The summed E-state index contributed by atoms with van der Waals surface area (Å²) >= 11 is 0. The van der Waals surface area contributed by atoms with Crippen LogP contribution in [0.4, 0.5) is 0 Å². The van der Waals surface area contributed by atoms with Crippen LogP contribution >= 0.6 is 0 Å². The van der Waals surface area contributed by atoms with E-state index in [-0.39, 0.29) is 4.90 Å². The van der Waals surface area contributed by atoms with E-state index in [0.29, 0.717) is 12.8 Å². The third-order valence-corrected chi connectivity index (χ3v) is 6.68. The highest BCUT2D eigenvalue weighted by Gasteiger charge is 2.28. The molecular formula is C20H23N3O3S. The maximum Gasteiger partial charge on any atom is 0.240 e. The van der Waals surface area contributed by atoms with Gasteiger partial charge in [0.25, 0.3) is 0 Å². The van der Waals surface area contributed by atoms with Crippen molar-refractivity contribution in [3.05, 3.63) is 48.3 Å². The van der Waals surface area contributed by atoms with E-state index in [1.807, 2.05) is 31.2 Å². The molecule has 4 rings (SSSR count). The summed E-state index contributed by atoms with van der Waals surface area (Å²) in [4.78, 5) is 7.75. The van der Waals surface area contributed by atoms with E-state index in [0.717, 1.165) is 40.7 Å². The molecule has 1 saturated carbocycles. The SMILES string of the molecule is Cc1cc2c(-c3ccc(S(=O)(=O)NC4CCCCC4O)cc3)ccnc2[nH]1. The summed E-state index contributed by atoms with van der Waals surface area (Å²) in [7, 11) is -3.66. The highest BCUT2D eigenvalue weighted by Crippen LogP contribution is 2.29. The highest BCUT2D eigenvalue weighted by molar-refractivity contribution is 7.89. The summed E-state index contributed by atoms with van der Waals surface area (Å²) in [5.74, 6) is 0. The normalized spacial score (nSPS) is 20.8. The van der Waals surface area contributed by atoms with Crippen molar-refractivity contribution in [3.63, 3.8) is 0 Å². The zero-order valence-electron chi connectivity index (χ0n) is 15.1. The lowest BCUT2D eigenvalue weighted by atomic mass is 9.93. The molecule has 2 aromatic heterocycles. The van der Waals surface area contributed by atoms with Crippen molar-refractivity contribution in [1.29, 1.82) is 0 Å². The minimum absolute atomic E-state index is 0.208. The second kappa shape index (κ2) is 7.07. The van der Waals surface area contributed by atoms with Crippen molar-refractivity contribution in [2.45, 2.75) is 49.6 Å². The largest absolute Gasteiger partial charge is 0.391 e. The van der Waals surface area contributed by atoms with Crippen LogP contribution in [-0.4, -0.2) is 35.6 Å². The van der Waals surface area contributed by atoms with E-state index in [9.17, 15) is 13.5 Å². The first-order valence-electron chi connectivity index (χ1n) is 9.19. The summed E-state index contributed by atoms with van der Waals surface area (Å²) in [6.45, 7) is 1.98. The smallest absolute Gasteiger partial charge is 0.240 e. The maximum absolute atomic E-state index is 12.7. The number of aliphatic hydroxyl groups excluding tert-OH is 1. The molecule has 2 atom stereocenters. The first kappa shape index (κ1) is 18.2. The molecule has 1 aromatic carbocycles. The molecule has 0 amide bonds. The van der Waals surface area contributed by atoms with E-state index in [1.54, 1.807) is 18.3 Å². The monoisotopic (exact) mass is 385 g/mol. The van der Waals surface area contributed by atoms with Crippen LogP contribution in [0.25, 0.3) is 22.2 Å². The Bertz CT molecular complexity index is 1060. The van der Waals surface area contributed by atoms with Crippen molar-refractivity contribution in [1.82, 2.24) is 14.7 Å². The van der Waals surface area contributed by atoms with Gasteiger partial charge in [0.05, 0.1) is 11.0 Å². The van der Waals surface area contributed by atoms with Gasteiger partial charge in [-0.2, -0.15) is 0 Å². The number of aliphatic hydroxyl groups is 1. The molecule has 1 aliphatic rings. The molecule has 1 fully saturated rings. The van der Waals surface area contributed by atoms with Crippen LogP contribution in [0, 0.1) is 6.92 Å². The number of pyridine rings is 1. The number of sulfonamides is 1. The molecule has 3 N–H and O–H groups in total. The topological polar surface area (TPSA) is 95.1 Å². The van der Waals surface area contributed by atoms with Gasteiger partial charge in [-0.05, 0) is 55.2 Å². The molecule has 0 saturated heterocycles. The molecule has 0 bridgehead atoms. The average Bonchev–Trinajstić information content (AvgIpc) is 3.04. The van der Waals surface area contributed by atoms with E-state index in [4.69, 9.17) is 0 Å². The summed E-state index contributed by atoms with van der Waals surface area (Å²) < 4.78 is 28.0. The standard InChI is InChI=1S/C20H23N3O3S/c1-13-12-17-16(10-11-21-20(17)22-13)14-6-8-15(9-7-14)27(25,26)23-18-4-2-3-5-19(18)24/h6-12,18-19,23-24H,2-5H2,1H3,(H,21,22). The number of hydrogen-bond acceptors (Lipinski definition) is 4. The van der Waals surface area contributed by atoms with Crippen molar-refractivity contribution >= 4 is 21.1 Å². The van der Waals surface area contributed by atoms with Gasteiger partial charge in [0.15, 0.2) is 0 Å². The average molecular weight is 385 g/mol. The Morgan fingerprint density at radius 3 is 2.63 bits per heavy atom. The van der Waals surface area contributed by atoms with Gasteiger partial charge >= 0.3 is 0 Å². The molecule has 3 aromatic rings. The van der Waals surface area contributed by atoms with Gasteiger partial charge in [0, 0.05) is 23.3 Å². The van der Waals surface area contributed by atoms with Crippen LogP contribution in [0.2, 0.25) is 0 Å². The van der Waals surface area contributed by atoms with Gasteiger partial charge in [0.2, 0.25) is 10.0 Å². The Labute approximate surface area is 158 Å². The molecular weight excluding hydrogens is 362 g/mol. The third-order valence-electron chi connectivity index (χ3n) is 5.18. The second-order valence-corrected chi connectivity index (χ2v) is 8.89. The molecule has 0 aliphatic heterocycles. The summed E-state index contributed by atoms with van der Waals surface area (Å²) in [6, 6.07) is 10.4. The molecule has 1 aliphatic carbocycles. The van der Waals surface area contributed by atoms with Crippen molar-refractivity contribution < 1.29 is 13.5 Å². The number of aromatic nitrogens is 2. The van der Waals surface area contributed by atoms with Gasteiger partial charge in [-0.15, -0.1) is 0 Å². The van der Waals surface area contributed by atoms with Crippen LogP contribution in [-0.2, 0) is 10.0 Å². The predicted molar refractivity (Wildman–Crippen MR) is 105 cm³/mol. The highest BCUT2D eigenvalue weighted by atomic mass is 32.2. The Hall–Kier alpha value is -2.22. The lowest BCUT2D eigenvalue weighted by Crippen LogP contribution is -2.44. The number of rotatable bonds is 4. The van der Waals surface area contributed by atoms with Crippen LogP contribution in [0.1, 0.15) is 31.4 Å². The van der Waals surface area contributed by atoms with E-state index < -0.39 is 22.2 Å². The number of aromatic amines is 1. The van der Waals surface area contributed by atoms with Crippen molar-refractivity contribution in [2.75, 3.05) is 0 Å². The van der Waals surface area contributed by atoms with Crippen LogP contribution in [0.3, 0.4) is 0 Å². The number of H-pyrrole nitrogens is 1. The second-order valence-electron chi connectivity index (χ2n) is 7.18. The first-order valence-corrected chi connectivity index (χ1v) is 10.7. The Morgan fingerprint density at radius 2 is 1.89 bits per heavy atom. The molecule has 142 valence electrons. The lowest BCUT2D eigenvalue weighted by Gasteiger charge is -2.28. The number of fused-ring (bicyclic) bond motifs is 1. The van der Waals surface area contributed by atoms with E-state index in [1.165, 1.54) is 0 Å². The van der Waals surface area contributed by atoms with Gasteiger partial charge < -0.3 is 10.1 Å². The summed E-state index contributed by atoms with van der Waals surface area (Å²) in [6.07, 6.45) is 4.30. The number of benzene rings is 1. The molecule has 2 unspecified atom stereocenters. The Morgan fingerprint density at radius 1 is 1.15 bits per heavy atom. The minimum atomic E-state index is -3.66. The van der Waals surface area contributed by atoms with E-state index in [2.05, 4.69) is 14.7 Å². The number of hydrogen-bond donors (Lipinski definition) is 3. The minimum Gasteiger partial charge on any atom is -0.391 e. The number of aryl methyl sites for hydroxylation is 1. The van der Waals surface area contributed by atoms with E-state index >= 15 is 0 Å². The molecule has 0 spiro atoms. The fourth-order valence-electron chi connectivity index (χ4n) is 3.74. The predicted octanol–water partition coefficient (Wildman–Crippen LogP) is 3.12. The molecule has 2 heterocycles. The molecule has 27 heavy (non-hydrogen) atoms. The first-order chi connectivity index (χ1) is 12.9. The molecule has 0 radical (unpaired) electrons. The van der Waals surface area contributed by atoms with Crippen LogP contribution < -0.4 is 4.72 Å². The quantitative estimate of drug-likeness (QED) is 0.643. The van der Waals surface area contributed by atoms with Gasteiger partial charge in [-0.25, -0.2) is 18.1 Å². The fourth-order valence-corrected chi connectivity index (χ4v) is 5.04.